The van der Waals surface area contributed by atoms with Crippen LogP contribution in [0, 0.1) is 6.92 Å². The van der Waals surface area contributed by atoms with E-state index in [9.17, 15) is 4.79 Å². The smallest absolute Gasteiger partial charge is 0.320 e. The van der Waals surface area contributed by atoms with Crippen molar-refractivity contribution < 1.29 is 19.1 Å². The Morgan fingerprint density at radius 1 is 1.00 bits per heavy atom. The summed E-state index contributed by atoms with van der Waals surface area (Å²) in [6.45, 7) is 2.63. The number of benzene rings is 3. The maximum Gasteiger partial charge on any atom is 0.320 e. The molecule has 1 N–H and O–H groups in total. The molecule has 6 nitrogen and oxygen atoms in total. The molecular formula is C24H22N2O4. The van der Waals surface area contributed by atoms with Gasteiger partial charge in [-0.25, -0.2) is 4.99 Å². The van der Waals surface area contributed by atoms with Gasteiger partial charge in [0.1, 0.15) is 12.4 Å². The van der Waals surface area contributed by atoms with E-state index in [2.05, 4.69) is 47.6 Å². The van der Waals surface area contributed by atoms with Crippen molar-refractivity contribution in [3.8, 4) is 16.9 Å². The highest BCUT2D eigenvalue weighted by molar-refractivity contribution is 5.77. The maximum absolute atomic E-state index is 10.6. The van der Waals surface area contributed by atoms with E-state index in [4.69, 9.17) is 14.5 Å². The van der Waals surface area contributed by atoms with Crippen molar-refractivity contribution in [2.24, 2.45) is 4.99 Å². The number of nitrogens with zero attached hydrogens (tertiary/aromatic N) is 1. The largest absolute Gasteiger partial charge is 0.497 e. The van der Waals surface area contributed by atoms with E-state index in [1.807, 2.05) is 42.5 Å². The molecule has 0 amide bonds. The van der Waals surface area contributed by atoms with Gasteiger partial charge in [0.2, 0.25) is 0 Å². The number of hydrogen-bond donors (Lipinski definition) is 1. The minimum absolute atomic E-state index is 0.152. The molecule has 0 radical (unpaired) electrons. The Kier molecular flexibility index (Phi) is 5.39. The SMILES string of the molecule is COc1ccc(C2(c3cccc(-c4cccc(C)c4)c3)COC(NOC=O)=N2)cc1. The quantitative estimate of drug-likeness (QED) is 0.499. The number of methoxy groups -OCH3 is 1. The molecule has 6 heteroatoms. The van der Waals surface area contributed by atoms with Gasteiger partial charge in [0, 0.05) is 0 Å². The predicted molar refractivity (Wildman–Crippen MR) is 114 cm³/mol. The van der Waals surface area contributed by atoms with E-state index >= 15 is 0 Å². The molecule has 1 aliphatic rings. The highest BCUT2D eigenvalue weighted by Crippen LogP contribution is 2.39. The number of ether oxygens (including phenoxy) is 2. The van der Waals surface area contributed by atoms with Gasteiger partial charge in [0.05, 0.1) is 7.11 Å². The lowest BCUT2D eigenvalue weighted by Gasteiger charge is -2.26. The molecule has 1 unspecified atom stereocenters. The van der Waals surface area contributed by atoms with Crippen LogP contribution in [0.1, 0.15) is 16.7 Å². The minimum Gasteiger partial charge on any atom is -0.497 e. The number of carbonyl (C=O) groups is 1. The first-order valence-electron chi connectivity index (χ1n) is 9.55. The summed E-state index contributed by atoms with van der Waals surface area (Å²) >= 11 is 0. The molecule has 0 bridgehead atoms. The predicted octanol–water partition coefficient (Wildman–Crippen LogP) is 3.98. The molecule has 0 aliphatic carbocycles. The molecule has 0 fully saturated rings. The Balaban J connectivity index is 1.81. The van der Waals surface area contributed by atoms with Gasteiger partial charge in [-0.15, -0.1) is 0 Å². The molecule has 0 aromatic heterocycles. The van der Waals surface area contributed by atoms with Crippen molar-refractivity contribution in [2.75, 3.05) is 13.7 Å². The lowest BCUT2D eigenvalue weighted by atomic mass is 9.83. The molecule has 4 rings (SSSR count). The van der Waals surface area contributed by atoms with Gasteiger partial charge in [-0.1, -0.05) is 60.2 Å². The fourth-order valence-electron chi connectivity index (χ4n) is 3.65. The number of aliphatic imine (C=N–C) groups is 1. The van der Waals surface area contributed by atoms with Crippen LogP contribution in [0.15, 0.2) is 77.8 Å². The van der Waals surface area contributed by atoms with Crippen LogP contribution in [0.5, 0.6) is 5.75 Å². The fourth-order valence-corrected chi connectivity index (χ4v) is 3.65. The second kappa shape index (κ2) is 8.29. The third-order valence-electron chi connectivity index (χ3n) is 5.16. The highest BCUT2D eigenvalue weighted by Gasteiger charge is 2.41. The summed E-state index contributed by atoms with van der Waals surface area (Å²) < 4.78 is 11.0. The third kappa shape index (κ3) is 3.72. The first-order chi connectivity index (χ1) is 14.6. The highest BCUT2D eigenvalue weighted by atomic mass is 16.7. The fraction of sp³-hybridized carbons (Fsp3) is 0.167. The monoisotopic (exact) mass is 402 g/mol. The molecule has 1 atom stereocenters. The summed E-state index contributed by atoms with van der Waals surface area (Å²) in [7, 11) is 1.63. The first-order valence-corrected chi connectivity index (χ1v) is 9.55. The summed E-state index contributed by atoms with van der Waals surface area (Å²) in [5, 5.41) is 0. The lowest BCUT2D eigenvalue weighted by molar-refractivity contribution is -0.132. The number of nitrogens with one attached hydrogen (secondary N) is 1. The lowest BCUT2D eigenvalue weighted by Crippen LogP contribution is -2.27. The standard InChI is InChI=1S/C24H22N2O4/c1-17-5-3-6-18(13-17)19-7-4-8-21(14-19)24(15-29-23(25-24)26-30-16-27)20-9-11-22(28-2)12-10-20/h3-14,16H,15H2,1-2H3,(H,25,26). The summed E-state index contributed by atoms with van der Waals surface area (Å²) in [5.41, 5.74) is 6.97. The summed E-state index contributed by atoms with van der Waals surface area (Å²) in [4.78, 5) is 19.9. The number of carbonyl (C=O) groups excluding carboxylic acids is 1. The number of hydroxylamine groups is 1. The minimum atomic E-state index is -0.791. The third-order valence-corrected chi connectivity index (χ3v) is 5.16. The Bertz CT molecular complexity index is 1080. The van der Waals surface area contributed by atoms with Crippen LogP contribution in [0.3, 0.4) is 0 Å². The van der Waals surface area contributed by atoms with Gasteiger partial charge in [0.15, 0.2) is 5.54 Å². The summed E-state index contributed by atoms with van der Waals surface area (Å²) in [6, 6.07) is 24.5. The van der Waals surface area contributed by atoms with Crippen LogP contribution in [-0.2, 0) is 19.9 Å². The van der Waals surface area contributed by atoms with Crippen molar-refractivity contribution in [3.05, 3.63) is 89.5 Å². The van der Waals surface area contributed by atoms with Crippen molar-refractivity contribution >= 4 is 12.5 Å². The van der Waals surface area contributed by atoms with Crippen LogP contribution >= 0.6 is 0 Å². The van der Waals surface area contributed by atoms with Crippen LogP contribution < -0.4 is 10.2 Å². The number of amidine groups is 1. The van der Waals surface area contributed by atoms with Gasteiger partial charge < -0.3 is 14.3 Å². The molecule has 0 spiro atoms. The van der Waals surface area contributed by atoms with Crippen molar-refractivity contribution in [1.29, 1.82) is 0 Å². The topological polar surface area (TPSA) is 69.2 Å². The molecule has 3 aromatic carbocycles. The van der Waals surface area contributed by atoms with Gasteiger partial charge in [-0.2, -0.15) is 5.48 Å². The molecule has 30 heavy (non-hydrogen) atoms. The molecule has 152 valence electrons. The molecular weight excluding hydrogens is 380 g/mol. The molecule has 3 aromatic rings. The van der Waals surface area contributed by atoms with E-state index in [1.165, 1.54) is 5.56 Å². The number of hydrogen-bond acceptors (Lipinski definition) is 6. The van der Waals surface area contributed by atoms with Gasteiger partial charge in [0.25, 0.3) is 0 Å². The second-order valence-electron chi connectivity index (χ2n) is 7.06. The first kappa shape index (κ1) is 19.5. The Labute approximate surface area is 175 Å². The molecule has 0 saturated heterocycles. The van der Waals surface area contributed by atoms with E-state index in [1.54, 1.807) is 7.11 Å². The summed E-state index contributed by atoms with van der Waals surface area (Å²) in [5.74, 6) is 0.757. The van der Waals surface area contributed by atoms with Crippen LogP contribution in [0.2, 0.25) is 0 Å². The van der Waals surface area contributed by atoms with Crippen LogP contribution in [-0.4, -0.2) is 26.2 Å². The Morgan fingerprint density at radius 3 is 2.43 bits per heavy atom. The average Bonchev–Trinajstić information content (AvgIpc) is 3.23. The van der Waals surface area contributed by atoms with Crippen LogP contribution in [0.4, 0.5) is 0 Å². The zero-order valence-electron chi connectivity index (χ0n) is 16.8. The van der Waals surface area contributed by atoms with E-state index in [0.29, 0.717) is 0 Å². The Hall–Kier alpha value is -3.80. The number of aryl methyl sites for hydroxylation is 1. The number of rotatable bonds is 6. The molecule has 1 aliphatic heterocycles. The van der Waals surface area contributed by atoms with Gasteiger partial charge in [-0.3, -0.25) is 4.79 Å². The second-order valence-corrected chi connectivity index (χ2v) is 7.06. The van der Waals surface area contributed by atoms with Crippen molar-refractivity contribution in [2.45, 2.75) is 12.5 Å². The summed E-state index contributed by atoms with van der Waals surface area (Å²) in [6.07, 6.45) is 0. The van der Waals surface area contributed by atoms with Crippen molar-refractivity contribution in [3.63, 3.8) is 0 Å². The van der Waals surface area contributed by atoms with Crippen LogP contribution in [0.25, 0.3) is 11.1 Å². The molecule has 0 saturated carbocycles. The van der Waals surface area contributed by atoms with Gasteiger partial charge >= 0.3 is 12.5 Å². The van der Waals surface area contributed by atoms with E-state index < -0.39 is 5.54 Å². The maximum atomic E-state index is 10.6. The zero-order valence-corrected chi connectivity index (χ0v) is 16.8. The molecule has 1 heterocycles. The van der Waals surface area contributed by atoms with E-state index in [0.717, 1.165) is 28.0 Å². The van der Waals surface area contributed by atoms with Gasteiger partial charge in [-0.05, 0) is 47.4 Å². The normalized spacial score (nSPS) is 17.6. The Morgan fingerprint density at radius 2 is 1.73 bits per heavy atom. The van der Waals surface area contributed by atoms with E-state index in [-0.39, 0.29) is 19.1 Å². The van der Waals surface area contributed by atoms with Crippen molar-refractivity contribution in [1.82, 2.24) is 5.48 Å². The zero-order chi connectivity index (χ0) is 21.0. The average molecular weight is 402 g/mol.